The summed E-state index contributed by atoms with van der Waals surface area (Å²) >= 11 is 0. The Morgan fingerprint density at radius 1 is 1.15 bits per heavy atom. The Morgan fingerprint density at radius 3 is 2.55 bits per heavy atom. The van der Waals surface area contributed by atoms with Crippen LogP contribution in [0.25, 0.3) is 10.9 Å². The summed E-state index contributed by atoms with van der Waals surface area (Å²) in [6.07, 6.45) is 6.90. The maximum atomic E-state index is 15.1. The van der Waals surface area contributed by atoms with E-state index in [1.807, 2.05) is 6.92 Å². The number of aromatic nitrogens is 2. The lowest BCUT2D eigenvalue weighted by Crippen LogP contribution is -2.41. The number of nitrogens with one attached hydrogen (secondary N) is 2. The van der Waals surface area contributed by atoms with Gasteiger partial charge in [-0.3, -0.25) is 14.4 Å². The SMILES string of the molecule is C#CCN(Cc1cc2c(=O)[nH]c(C)nc2cc1C)c1ccc(C(=O)N[C@@H](CCCCCC(=O)O)C(=O)O)c(F)c1. The number of carbonyl (C=O) groups excluding carboxylic acids is 1. The van der Waals surface area contributed by atoms with Gasteiger partial charge >= 0.3 is 11.9 Å². The summed E-state index contributed by atoms with van der Waals surface area (Å²) in [5, 5.41) is 20.9. The maximum Gasteiger partial charge on any atom is 0.326 e. The molecule has 0 bridgehead atoms. The summed E-state index contributed by atoms with van der Waals surface area (Å²) in [5.41, 5.74) is 2.02. The van der Waals surface area contributed by atoms with Gasteiger partial charge in [0, 0.05) is 18.7 Å². The Kier molecular flexibility index (Phi) is 9.97. The van der Waals surface area contributed by atoms with Crippen LogP contribution in [0.1, 0.15) is 59.4 Å². The summed E-state index contributed by atoms with van der Waals surface area (Å²) in [5.74, 6) is -0.886. The van der Waals surface area contributed by atoms with Crippen molar-refractivity contribution in [2.45, 2.75) is 58.5 Å². The van der Waals surface area contributed by atoms with Gasteiger partial charge in [-0.2, -0.15) is 0 Å². The predicted molar refractivity (Wildman–Crippen MR) is 148 cm³/mol. The van der Waals surface area contributed by atoms with Crippen molar-refractivity contribution in [3.05, 3.63) is 69.0 Å². The van der Waals surface area contributed by atoms with Crippen molar-refractivity contribution in [3.8, 4) is 12.3 Å². The highest BCUT2D eigenvalue weighted by atomic mass is 19.1. The number of halogens is 1. The fourth-order valence-electron chi connectivity index (χ4n) is 4.36. The first-order valence-electron chi connectivity index (χ1n) is 12.7. The van der Waals surface area contributed by atoms with Crippen LogP contribution < -0.4 is 15.8 Å². The molecule has 4 N–H and O–H groups in total. The normalized spacial score (nSPS) is 11.6. The second-order valence-electron chi connectivity index (χ2n) is 9.53. The first-order valence-corrected chi connectivity index (χ1v) is 12.7. The van der Waals surface area contributed by atoms with Gasteiger partial charge in [0.25, 0.3) is 11.5 Å². The van der Waals surface area contributed by atoms with Crippen molar-refractivity contribution in [2.75, 3.05) is 11.4 Å². The number of nitrogens with zero attached hydrogens (tertiary/aromatic N) is 2. The van der Waals surface area contributed by atoms with E-state index in [-0.39, 0.29) is 37.1 Å². The number of fused-ring (bicyclic) bond motifs is 1. The number of unbranched alkanes of at least 4 members (excludes halogenated alkanes) is 2. The lowest BCUT2D eigenvalue weighted by Gasteiger charge is -2.24. The third-order valence-corrected chi connectivity index (χ3v) is 6.47. The van der Waals surface area contributed by atoms with E-state index in [0.717, 1.165) is 17.2 Å². The summed E-state index contributed by atoms with van der Waals surface area (Å²) in [7, 11) is 0. The van der Waals surface area contributed by atoms with E-state index in [4.69, 9.17) is 11.5 Å². The minimum absolute atomic E-state index is 0.0199. The molecule has 0 saturated heterocycles. The van der Waals surface area contributed by atoms with Gasteiger partial charge in [-0.05, 0) is 68.1 Å². The maximum absolute atomic E-state index is 15.1. The molecule has 0 spiro atoms. The summed E-state index contributed by atoms with van der Waals surface area (Å²) in [4.78, 5) is 56.1. The van der Waals surface area contributed by atoms with Gasteiger partial charge in [-0.1, -0.05) is 18.8 Å². The molecule has 10 nitrogen and oxygen atoms in total. The first kappa shape index (κ1) is 29.8. The lowest BCUT2D eigenvalue weighted by atomic mass is 10.0. The van der Waals surface area contributed by atoms with Gasteiger partial charge < -0.3 is 25.4 Å². The van der Waals surface area contributed by atoms with Gasteiger partial charge in [0.05, 0.1) is 23.0 Å². The number of amides is 1. The van der Waals surface area contributed by atoms with Crippen LogP contribution in [-0.4, -0.2) is 50.6 Å². The quantitative estimate of drug-likeness (QED) is 0.186. The number of carboxylic acid groups (broad SMARTS) is 2. The molecule has 1 aromatic heterocycles. The Labute approximate surface area is 230 Å². The molecule has 2 aromatic carbocycles. The van der Waals surface area contributed by atoms with Crippen LogP contribution in [-0.2, 0) is 16.1 Å². The van der Waals surface area contributed by atoms with E-state index < -0.39 is 29.7 Å². The van der Waals surface area contributed by atoms with Gasteiger partial charge in [-0.25, -0.2) is 14.2 Å². The third-order valence-electron chi connectivity index (χ3n) is 6.47. The third kappa shape index (κ3) is 7.66. The van der Waals surface area contributed by atoms with Crippen molar-refractivity contribution in [1.82, 2.24) is 15.3 Å². The Morgan fingerprint density at radius 2 is 1.90 bits per heavy atom. The van der Waals surface area contributed by atoms with E-state index in [9.17, 15) is 24.3 Å². The largest absolute Gasteiger partial charge is 0.481 e. The Hall–Kier alpha value is -4.72. The summed E-state index contributed by atoms with van der Waals surface area (Å²) in [6, 6.07) is 6.23. The van der Waals surface area contributed by atoms with Crippen LogP contribution in [0.3, 0.4) is 0 Å². The number of terminal acetylenes is 1. The zero-order valence-corrected chi connectivity index (χ0v) is 22.3. The summed E-state index contributed by atoms with van der Waals surface area (Å²) < 4.78 is 15.1. The highest BCUT2D eigenvalue weighted by molar-refractivity contribution is 5.97. The molecule has 0 radical (unpaired) electrons. The number of carbonyl (C=O) groups is 3. The summed E-state index contributed by atoms with van der Waals surface area (Å²) in [6.45, 7) is 3.95. The zero-order valence-electron chi connectivity index (χ0n) is 22.3. The van der Waals surface area contributed by atoms with Crippen molar-refractivity contribution in [1.29, 1.82) is 0 Å². The van der Waals surface area contributed by atoms with Crippen molar-refractivity contribution >= 4 is 34.4 Å². The number of H-pyrrole nitrogens is 1. The molecule has 0 unspecified atom stereocenters. The standard InChI is InChI=1S/C29H31FN4O6/c1-4-12-34(16-19-14-22-25(13-17(19)2)31-18(3)32-28(22)38)20-10-11-21(23(30)15-20)27(37)33-24(29(39)40)8-6-5-7-9-26(35)36/h1,10-11,13-15,24H,5-9,12,16H2,2-3H3,(H,33,37)(H,35,36)(H,39,40)(H,31,32,38)/t24-/m0/s1. The molecule has 1 heterocycles. The van der Waals surface area contributed by atoms with E-state index in [2.05, 4.69) is 21.2 Å². The van der Waals surface area contributed by atoms with E-state index >= 15 is 4.39 Å². The monoisotopic (exact) mass is 550 g/mol. The molecule has 3 aromatic rings. The number of aliphatic carboxylic acids is 2. The average Bonchev–Trinajstić information content (AvgIpc) is 2.87. The van der Waals surface area contributed by atoms with E-state index in [1.54, 1.807) is 24.0 Å². The predicted octanol–water partition coefficient (Wildman–Crippen LogP) is 3.54. The molecular formula is C29H31FN4O6. The number of aryl methyl sites for hydroxylation is 2. The first-order chi connectivity index (χ1) is 19.0. The van der Waals surface area contributed by atoms with Crippen LogP contribution in [0.5, 0.6) is 0 Å². The number of aromatic amines is 1. The molecule has 0 saturated carbocycles. The molecule has 40 heavy (non-hydrogen) atoms. The Balaban J connectivity index is 1.76. The average molecular weight is 551 g/mol. The van der Waals surface area contributed by atoms with Crippen molar-refractivity contribution in [3.63, 3.8) is 0 Å². The molecule has 0 aliphatic heterocycles. The molecule has 3 rings (SSSR count). The second kappa shape index (κ2) is 13.4. The zero-order chi connectivity index (χ0) is 29.4. The van der Waals surface area contributed by atoms with Gasteiger partial charge in [-0.15, -0.1) is 6.42 Å². The topological polar surface area (TPSA) is 153 Å². The molecule has 0 aliphatic rings. The van der Waals surface area contributed by atoms with E-state index in [1.165, 1.54) is 12.1 Å². The molecule has 210 valence electrons. The molecule has 11 heteroatoms. The number of anilines is 1. The number of rotatable bonds is 13. The van der Waals surface area contributed by atoms with Crippen LogP contribution in [0.2, 0.25) is 0 Å². The van der Waals surface area contributed by atoms with Crippen LogP contribution >= 0.6 is 0 Å². The van der Waals surface area contributed by atoms with E-state index in [0.29, 0.717) is 41.7 Å². The van der Waals surface area contributed by atoms with Gasteiger partial charge in [0.15, 0.2) is 0 Å². The van der Waals surface area contributed by atoms with Crippen LogP contribution in [0.15, 0.2) is 35.1 Å². The molecule has 1 amide bonds. The van der Waals surface area contributed by atoms with Crippen molar-refractivity contribution in [2.24, 2.45) is 0 Å². The lowest BCUT2D eigenvalue weighted by molar-refractivity contribution is -0.140. The minimum atomic E-state index is -1.27. The fraction of sp³-hybridized carbons (Fsp3) is 0.345. The van der Waals surface area contributed by atoms with Crippen LogP contribution in [0.4, 0.5) is 10.1 Å². The molecule has 0 fully saturated rings. The van der Waals surface area contributed by atoms with Gasteiger partial charge in [0.1, 0.15) is 17.7 Å². The number of carboxylic acids is 2. The number of benzene rings is 2. The number of hydrogen-bond donors (Lipinski definition) is 4. The van der Waals surface area contributed by atoms with Gasteiger partial charge in [0.2, 0.25) is 0 Å². The second-order valence-corrected chi connectivity index (χ2v) is 9.53. The Bertz CT molecular complexity index is 1530. The smallest absolute Gasteiger partial charge is 0.326 e. The fourth-order valence-corrected chi connectivity index (χ4v) is 4.36. The number of hydrogen-bond acceptors (Lipinski definition) is 6. The highest BCUT2D eigenvalue weighted by Crippen LogP contribution is 2.24. The molecule has 0 aliphatic carbocycles. The minimum Gasteiger partial charge on any atom is -0.481 e. The van der Waals surface area contributed by atoms with Crippen molar-refractivity contribution < 1.29 is 29.0 Å². The molecule has 1 atom stereocenters. The van der Waals surface area contributed by atoms with Crippen LogP contribution in [0, 0.1) is 32.0 Å². The highest BCUT2D eigenvalue weighted by Gasteiger charge is 2.23. The molecular weight excluding hydrogens is 519 g/mol.